The Labute approximate surface area is 129 Å². The normalized spacial score (nSPS) is 9.95. The highest BCUT2D eigenvalue weighted by atomic mass is 79.9. The summed E-state index contributed by atoms with van der Waals surface area (Å²) in [5, 5.41) is 14.1. The van der Waals surface area contributed by atoms with Crippen molar-refractivity contribution in [2.75, 3.05) is 5.32 Å². The molecule has 0 radical (unpaired) electrons. The van der Waals surface area contributed by atoms with Gasteiger partial charge in [-0.15, -0.1) is 0 Å². The van der Waals surface area contributed by atoms with E-state index in [1.54, 1.807) is 0 Å². The van der Waals surface area contributed by atoms with Crippen molar-refractivity contribution >= 4 is 33.6 Å². The second-order valence-electron chi connectivity index (χ2n) is 4.17. The molecule has 7 heteroatoms. The zero-order valence-electron chi connectivity index (χ0n) is 10.8. The van der Waals surface area contributed by atoms with Crippen LogP contribution in [0, 0.1) is 0 Å². The number of aromatic carboxylic acids is 1. The fourth-order valence-corrected chi connectivity index (χ4v) is 2.04. The molecule has 0 aliphatic rings. The molecule has 2 aromatic rings. The minimum absolute atomic E-state index is 0.0126. The fraction of sp³-hybridized carbons (Fsp3) is 0.0714. The first kappa shape index (κ1) is 15.0. The molecule has 3 N–H and O–H groups in total. The van der Waals surface area contributed by atoms with E-state index in [4.69, 9.17) is 5.11 Å². The molecule has 108 valence electrons. The number of benzene rings is 1. The number of halogens is 1. The van der Waals surface area contributed by atoms with Crippen LogP contribution in [0.1, 0.15) is 15.9 Å². The van der Waals surface area contributed by atoms with Crippen molar-refractivity contribution in [2.45, 2.75) is 6.54 Å². The van der Waals surface area contributed by atoms with Gasteiger partial charge in [0.15, 0.2) is 0 Å². The Bertz CT molecular complexity index is 676. The van der Waals surface area contributed by atoms with Crippen LogP contribution in [0.5, 0.6) is 0 Å². The Morgan fingerprint density at radius 1 is 1.24 bits per heavy atom. The largest absolute Gasteiger partial charge is 0.478 e. The zero-order chi connectivity index (χ0) is 15.2. The smallest absolute Gasteiger partial charge is 0.337 e. The minimum Gasteiger partial charge on any atom is -0.478 e. The molecule has 0 unspecified atom stereocenters. The Balaban J connectivity index is 1.95. The van der Waals surface area contributed by atoms with Gasteiger partial charge in [-0.2, -0.15) is 0 Å². The van der Waals surface area contributed by atoms with Crippen molar-refractivity contribution < 1.29 is 14.7 Å². The topological polar surface area (TPSA) is 91.3 Å². The van der Waals surface area contributed by atoms with Gasteiger partial charge in [0.1, 0.15) is 0 Å². The predicted molar refractivity (Wildman–Crippen MR) is 81.2 cm³/mol. The number of carboxylic acids is 1. The molecule has 6 nitrogen and oxygen atoms in total. The maximum absolute atomic E-state index is 11.8. The third-order valence-corrected chi connectivity index (χ3v) is 3.41. The van der Waals surface area contributed by atoms with E-state index in [2.05, 4.69) is 31.5 Å². The summed E-state index contributed by atoms with van der Waals surface area (Å²) in [4.78, 5) is 26.3. The van der Waals surface area contributed by atoms with Gasteiger partial charge in [0.05, 0.1) is 17.4 Å². The first-order valence-electron chi connectivity index (χ1n) is 6.03. The fourth-order valence-electron chi connectivity index (χ4n) is 1.62. The molecular weight excluding hydrogens is 338 g/mol. The number of nitrogens with one attached hydrogen (secondary N) is 2. The van der Waals surface area contributed by atoms with Crippen LogP contribution in [-0.4, -0.2) is 22.1 Å². The maximum Gasteiger partial charge on any atom is 0.337 e. The van der Waals surface area contributed by atoms with E-state index in [9.17, 15) is 9.59 Å². The van der Waals surface area contributed by atoms with E-state index in [1.807, 2.05) is 24.3 Å². The van der Waals surface area contributed by atoms with Crippen molar-refractivity contribution in [3.63, 3.8) is 0 Å². The Kier molecular flexibility index (Phi) is 4.89. The quantitative estimate of drug-likeness (QED) is 0.791. The summed E-state index contributed by atoms with van der Waals surface area (Å²) < 4.78 is 0.903. The van der Waals surface area contributed by atoms with Crippen molar-refractivity contribution in [1.29, 1.82) is 0 Å². The van der Waals surface area contributed by atoms with Gasteiger partial charge < -0.3 is 15.7 Å². The van der Waals surface area contributed by atoms with Crippen LogP contribution in [0.4, 0.5) is 10.5 Å². The van der Waals surface area contributed by atoms with Gasteiger partial charge in [0.25, 0.3) is 0 Å². The molecule has 0 saturated heterocycles. The molecule has 1 heterocycles. The number of carbonyl (C=O) groups excluding carboxylic acids is 1. The molecule has 2 amide bonds. The summed E-state index contributed by atoms with van der Waals surface area (Å²) in [6.07, 6.45) is 2.59. The summed E-state index contributed by atoms with van der Waals surface area (Å²) in [6, 6.07) is 8.44. The molecule has 0 aliphatic carbocycles. The first-order valence-corrected chi connectivity index (χ1v) is 6.82. The van der Waals surface area contributed by atoms with Gasteiger partial charge >= 0.3 is 12.0 Å². The summed E-state index contributed by atoms with van der Waals surface area (Å²) in [5.74, 6) is -1.10. The number of hydrogen-bond donors (Lipinski definition) is 3. The predicted octanol–water partition coefficient (Wildman–Crippen LogP) is 2.86. The van der Waals surface area contributed by atoms with E-state index in [1.165, 1.54) is 18.5 Å². The zero-order valence-corrected chi connectivity index (χ0v) is 12.4. The first-order chi connectivity index (χ1) is 10.1. The van der Waals surface area contributed by atoms with Crippen LogP contribution in [0.3, 0.4) is 0 Å². The summed E-state index contributed by atoms with van der Waals surface area (Å²) in [5.41, 5.74) is 1.27. The number of anilines is 1. The van der Waals surface area contributed by atoms with Crippen molar-refractivity contribution in [1.82, 2.24) is 10.3 Å². The molecule has 0 spiro atoms. The molecule has 0 atom stereocenters. The maximum atomic E-state index is 11.8. The number of carboxylic acid groups (broad SMARTS) is 1. The highest BCUT2D eigenvalue weighted by molar-refractivity contribution is 9.10. The van der Waals surface area contributed by atoms with Gasteiger partial charge in [0, 0.05) is 17.2 Å². The molecule has 0 aliphatic heterocycles. The molecule has 0 bridgehead atoms. The van der Waals surface area contributed by atoms with E-state index in [0.29, 0.717) is 12.2 Å². The molecular formula is C14H12BrN3O3. The highest BCUT2D eigenvalue weighted by Gasteiger charge is 2.07. The monoisotopic (exact) mass is 349 g/mol. The van der Waals surface area contributed by atoms with E-state index in [-0.39, 0.29) is 5.56 Å². The third kappa shape index (κ3) is 4.28. The third-order valence-electron chi connectivity index (χ3n) is 2.64. The highest BCUT2D eigenvalue weighted by Crippen LogP contribution is 2.15. The average molecular weight is 350 g/mol. The average Bonchev–Trinajstić information content (AvgIpc) is 2.46. The van der Waals surface area contributed by atoms with Crippen molar-refractivity contribution in [3.05, 3.63) is 58.3 Å². The molecule has 0 fully saturated rings. The van der Waals surface area contributed by atoms with Crippen LogP contribution in [0.15, 0.2) is 47.2 Å². The molecule has 1 aromatic heterocycles. The lowest BCUT2D eigenvalue weighted by Crippen LogP contribution is -2.28. The van der Waals surface area contributed by atoms with Crippen LogP contribution < -0.4 is 10.6 Å². The minimum atomic E-state index is -1.10. The Morgan fingerprint density at radius 3 is 2.71 bits per heavy atom. The summed E-state index contributed by atoms with van der Waals surface area (Å²) in [6.45, 7) is 0.347. The Hall–Kier alpha value is -2.41. The van der Waals surface area contributed by atoms with E-state index >= 15 is 0 Å². The number of hydrogen-bond acceptors (Lipinski definition) is 3. The summed E-state index contributed by atoms with van der Waals surface area (Å²) in [7, 11) is 0. The number of nitrogens with zero attached hydrogens (tertiary/aromatic N) is 1. The lowest BCUT2D eigenvalue weighted by atomic mass is 10.2. The summed E-state index contributed by atoms with van der Waals surface area (Å²) >= 11 is 3.39. The van der Waals surface area contributed by atoms with Crippen LogP contribution in [0.2, 0.25) is 0 Å². The molecule has 2 rings (SSSR count). The molecule has 1 aromatic carbocycles. The molecule has 21 heavy (non-hydrogen) atoms. The second kappa shape index (κ2) is 6.85. The molecule has 0 saturated carbocycles. The number of pyridine rings is 1. The van der Waals surface area contributed by atoms with Gasteiger partial charge in [-0.25, -0.2) is 9.59 Å². The van der Waals surface area contributed by atoms with E-state index in [0.717, 1.165) is 10.0 Å². The van der Waals surface area contributed by atoms with Gasteiger partial charge in [-0.05, 0) is 17.7 Å². The van der Waals surface area contributed by atoms with Crippen molar-refractivity contribution in [2.24, 2.45) is 0 Å². The second-order valence-corrected chi connectivity index (χ2v) is 5.02. The van der Waals surface area contributed by atoms with Gasteiger partial charge in [-0.3, -0.25) is 4.98 Å². The van der Waals surface area contributed by atoms with Gasteiger partial charge in [-0.1, -0.05) is 34.1 Å². The SMILES string of the molecule is O=C(NCc1ccccc1Br)Nc1cncc(C(=O)O)c1. The number of amides is 2. The number of rotatable bonds is 4. The number of carbonyl (C=O) groups is 2. The van der Waals surface area contributed by atoms with Crippen molar-refractivity contribution in [3.8, 4) is 0 Å². The van der Waals surface area contributed by atoms with Crippen LogP contribution >= 0.6 is 15.9 Å². The number of aromatic nitrogens is 1. The van der Waals surface area contributed by atoms with E-state index < -0.39 is 12.0 Å². The lowest BCUT2D eigenvalue weighted by Gasteiger charge is -2.09. The number of urea groups is 1. The lowest BCUT2D eigenvalue weighted by molar-refractivity contribution is 0.0696. The Morgan fingerprint density at radius 2 is 2.00 bits per heavy atom. The van der Waals surface area contributed by atoms with Crippen LogP contribution in [0.25, 0.3) is 0 Å². The van der Waals surface area contributed by atoms with Crippen LogP contribution in [-0.2, 0) is 6.54 Å². The standard InChI is InChI=1S/C14H12BrN3O3/c15-12-4-2-1-3-9(12)7-17-14(21)18-11-5-10(13(19)20)6-16-8-11/h1-6,8H,7H2,(H,19,20)(H2,17,18,21). The van der Waals surface area contributed by atoms with Gasteiger partial charge in [0.2, 0.25) is 0 Å².